The monoisotopic (exact) mass is 482 g/mol. The van der Waals surface area contributed by atoms with Crippen molar-refractivity contribution in [3.05, 3.63) is 83.5 Å². The summed E-state index contributed by atoms with van der Waals surface area (Å²) >= 11 is 1.77. The van der Waals surface area contributed by atoms with Gasteiger partial charge in [0.25, 0.3) is 0 Å². The Morgan fingerprint density at radius 2 is 1.83 bits per heavy atom. The van der Waals surface area contributed by atoms with Crippen molar-refractivity contribution in [1.29, 1.82) is 0 Å². The Morgan fingerprint density at radius 1 is 1.00 bits per heavy atom. The zero-order chi connectivity index (χ0) is 24.2. The van der Waals surface area contributed by atoms with Crippen LogP contribution >= 0.6 is 11.3 Å². The third-order valence-corrected chi connectivity index (χ3v) is 6.90. The second-order valence-corrected chi connectivity index (χ2v) is 9.29. The van der Waals surface area contributed by atoms with E-state index in [9.17, 15) is 4.79 Å². The van der Waals surface area contributed by atoms with Crippen LogP contribution in [0.4, 0.5) is 23.3 Å². The number of rotatable bonds is 6. The smallest absolute Gasteiger partial charge is 0.232 e. The molecule has 0 fully saturated rings. The summed E-state index contributed by atoms with van der Waals surface area (Å²) in [6, 6.07) is 18.6. The molecule has 7 nitrogen and oxygen atoms in total. The molecule has 0 spiro atoms. The summed E-state index contributed by atoms with van der Waals surface area (Å²) in [5.41, 5.74) is 6.43. The first-order valence-corrected chi connectivity index (χ1v) is 12.4. The van der Waals surface area contributed by atoms with E-state index in [2.05, 4.69) is 78.3 Å². The number of thiophene rings is 1. The number of hydrogen-bond acceptors (Lipinski definition) is 7. The Hall–Kier alpha value is -4.04. The molecule has 0 atom stereocenters. The minimum absolute atomic E-state index is 0.108. The Bertz CT molecular complexity index is 1380. The molecule has 1 aliphatic heterocycles. The van der Waals surface area contributed by atoms with Crippen molar-refractivity contribution >= 4 is 46.1 Å². The molecule has 35 heavy (non-hydrogen) atoms. The lowest BCUT2D eigenvalue weighted by molar-refractivity contribution is -0.114. The average Bonchev–Trinajstić information content (AvgIpc) is 3.42. The molecule has 0 saturated carbocycles. The molecule has 0 radical (unpaired) electrons. The van der Waals surface area contributed by atoms with Crippen LogP contribution in [-0.4, -0.2) is 33.9 Å². The highest BCUT2D eigenvalue weighted by molar-refractivity contribution is 7.13. The molecule has 0 unspecified atom stereocenters. The van der Waals surface area contributed by atoms with Gasteiger partial charge >= 0.3 is 0 Å². The van der Waals surface area contributed by atoms with Crippen molar-refractivity contribution in [2.45, 2.75) is 20.3 Å². The molecule has 3 heterocycles. The fraction of sp³-hybridized carbons (Fsp3) is 0.185. The maximum Gasteiger partial charge on any atom is 0.232 e. The summed E-state index contributed by atoms with van der Waals surface area (Å²) < 4.78 is 0. The number of amides is 1. The van der Waals surface area contributed by atoms with Crippen molar-refractivity contribution in [2.75, 3.05) is 28.6 Å². The van der Waals surface area contributed by atoms with Gasteiger partial charge in [-0.1, -0.05) is 42.5 Å². The summed E-state index contributed by atoms with van der Waals surface area (Å²) in [6.07, 6.45) is 4.71. The van der Waals surface area contributed by atoms with Gasteiger partial charge in [0.1, 0.15) is 6.33 Å². The van der Waals surface area contributed by atoms with E-state index in [-0.39, 0.29) is 5.91 Å². The molecule has 1 aliphatic rings. The van der Waals surface area contributed by atoms with Gasteiger partial charge in [0.15, 0.2) is 0 Å². The van der Waals surface area contributed by atoms with Crippen LogP contribution in [0.1, 0.15) is 24.5 Å². The maximum absolute atomic E-state index is 11.5. The lowest BCUT2D eigenvalue weighted by Crippen LogP contribution is -2.30. The van der Waals surface area contributed by atoms with E-state index in [4.69, 9.17) is 0 Å². The fourth-order valence-corrected chi connectivity index (χ4v) is 4.99. The summed E-state index contributed by atoms with van der Waals surface area (Å²) in [4.78, 5) is 28.3. The molecule has 0 aliphatic carbocycles. The van der Waals surface area contributed by atoms with Gasteiger partial charge in [0, 0.05) is 36.3 Å². The number of carbonyl (C=O) groups is 1. The van der Waals surface area contributed by atoms with E-state index in [1.807, 2.05) is 25.1 Å². The normalized spacial score (nSPS) is 13.3. The van der Waals surface area contributed by atoms with E-state index in [1.165, 1.54) is 34.8 Å². The molecule has 0 bridgehead atoms. The van der Waals surface area contributed by atoms with Crippen LogP contribution < -0.4 is 15.5 Å². The second-order valence-electron chi connectivity index (χ2n) is 8.34. The minimum Gasteiger partial charge on any atom is -0.337 e. The molecule has 8 heteroatoms. The SMILES string of the molecule is CC(=O)Nc1cccc(Nc2ncnc(N3CC=C(c4ccccc4-c4cccs4)CC3)n2)c1C. The molecule has 5 rings (SSSR count). The van der Waals surface area contributed by atoms with E-state index < -0.39 is 0 Å². The van der Waals surface area contributed by atoms with Gasteiger partial charge in [0.2, 0.25) is 17.8 Å². The molecule has 4 aromatic rings. The fourth-order valence-electron chi connectivity index (χ4n) is 4.22. The number of anilines is 4. The number of hydrogen-bond donors (Lipinski definition) is 2. The zero-order valence-electron chi connectivity index (χ0n) is 19.7. The zero-order valence-corrected chi connectivity index (χ0v) is 20.5. The Labute approximate surface area is 208 Å². The van der Waals surface area contributed by atoms with E-state index in [0.717, 1.165) is 36.4 Å². The van der Waals surface area contributed by atoms with Gasteiger partial charge in [0.05, 0.1) is 0 Å². The van der Waals surface area contributed by atoms with Gasteiger partial charge in [-0.3, -0.25) is 4.79 Å². The third-order valence-electron chi connectivity index (χ3n) is 6.00. The van der Waals surface area contributed by atoms with Crippen LogP contribution in [-0.2, 0) is 4.79 Å². The largest absolute Gasteiger partial charge is 0.337 e. The summed E-state index contributed by atoms with van der Waals surface area (Å²) in [6.45, 7) is 5.00. The summed E-state index contributed by atoms with van der Waals surface area (Å²) in [5.74, 6) is 0.999. The molecule has 2 aromatic heterocycles. The molecule has 2 aromatic carbocycles. The van der Waals surface area contributed by atoms with Crippen LogP contribution in [0, 0.1) is 6.92 Å². The molecule has 2 N–H and O–H groups in total. The Balaban J connectivity index is 1.33. The number of nitrogens with zero attached hydrogens (tertiary/aromatic N) is 4. The summed E-state index contributed by atoms with van der Waals surface area (Å²) in [7, 11) is 0. The van der Waals surface area contributed by atoms with Crippen molar-refractivity contribution < 1.29 is 4.79 Å². The third kappa shape index (κ3) is 5.07. The van der Waals surface area contributed by atoms with Crippen LogP contribution in [0.25, 0.3) is 16.0 Å². The van der Waals surface area contributed by atoms with E-state index in [1.54, 1.807) is 11.3 Å². The van der Waals surface area contributed by atoms with Gasteiger partial charge < -0.3 is 15.5 Å². The van der Waals surface area contributed by atoms with Crippen molar-refractivity contribution in [1.82, 2.24) is 15.0 Å². The molecular formula is C27H26N6OS. The number of nitrogens with one attached hydrogen (secondary N) is 2. The number of aromatic nitrogens is 3. The Morgan fingerprint density at radius 3 is 2.57 bits per heavy atom. The van der Waals surface area contributed by atoms with Crippen molar-refractivity contribution in [3.8, 4) is 10.4 Å². The predicted molar refractivity (Wildman–Crippen MR) is 143 cm³/mol. The molecule has 176 valence electrons. The highest BCUT2D eigenvalue weighted by atomic mass is 32.1. The van der Waals surface area contributed by atoms with Gasteiger partial charge in [-0.2, -0.15) is 4.98 Å². The van der Waals surface area contributed by atoms with Crippen molar-refractivity contribution in [2.24, 2.45) is 0 Å². The highest BCUT2D eigenvalue weighted by Gasteiger charge is 2.18. The predicted octanol–water partition coefficient (Wildman–Crippen LogP) is 5.90. The van der Waals surface area contributed by atoms with Crippen molar-refractivity contribution in [3.63, 3.8) is 0 Å². The Kier molecular flexibility index (Phi) is 6.54. The lowest BCUT2D eigenvalue weighted by atomic mass is 9.94. The van der Waals surface area contributed by atoms with Gasteiger partial charge in [-0.15, -0.1) is 11.3 Å². The van der Waals surface area contributed by atoms with Crippen LogP contribution in [0.15, 0.2) is 72.4 Å². The van der Waals surface area contributed by atoms with Crippen LogP contribution in [0.2, 0.25) is 0 Å². The minimum atomic E-state index is -0.108. The number of carbonyl (C=O) groups excluding carboxylic acids is 1. The standard InChI is InChI=1S/C27H26N6OS/c1-18-23(30-19(2)34)9-5-10-24(18)31-26-28-17-29-27(32-26)33-14-12-20(13-15-33)21-7-3-4-8-22(21)25-11-6-16-35-25/h3-12,16-17H,13-15H2,1-2H3,(H,30,34)(H,28,29,31,32). The molecule has 1 amide bonds. The van der Waals surface area contributed by atoms with Gasteiger partial charge in [-0.05, 0) is 59.2 Å². The number of benzene rings is 2. The molecular weight excluding hydrogens is 456 g/mol. The quantitative estimate of drug-likeness (QED) is 0.356. The van der Waals surface area contributed by atoms with E-state index >= 15 is 0 Å². The highest BCUT2D eigenvalue weighted by Crippen LogP contribution is 2.35. The van der Waals surface area contributed by atoms with Crippen LogP contribution in [0.3, 0.4) is 0 Å². The summed E-state index contributed by atoms with van der Waals surface area (Å²) in [5, 5.41) is 8.23. The van der Waals surface area contributed by atoms with Crippen LogP contribution in [0.5, 0.6) is 0 Å². The van der Waals surface area contributed by atoms with E-state index in [0.29, 0.717) is 11.9 Å². The topological polar surface area (TPSA) is 83.0 Å². The molecule has 0 saturated heterocycles. The average molecular weight is 483 g/mol. The maximum atomic E-state index is 11.5. The first-order valence-electron chi connectivity index (χ1n) is 11.5. The second kappa shape index (κ2) is 10.1. The first-order chi connectivity index (χ1) is 17.1. The lowest BCUT2D eigenvalue weighted by Gasteiger charge is -2.27. The van der Waals surface area contributed by atoms with Gasteiger partial charge in [-0.25, -0.2) is 9.97 Å². The first kappa shape index (κ1) is 22.7.